The van der Waals surface area contributed by atoms with Crippen LogP contribution in [0.2, 0.25) is 0 Å². The van der Waals surface area contributed by atoms with Crippen LogP contribution in [0, 0.1) is 0 Å². The number of ether oxygens (including phenoxy) is 6. The van der Waals surface area contributed by atoms with Gasteiger partial charge in [-0.3, -0.25) is 0 Å². The summed E-state index contributed by atoms with van der Waals surface area (Å²) in [5.74, 6) is 0.582. The molecule has 14 aromatic rings. The average molecular weight is 1940 g/mol. The van der Waals surface area contributed by atoms with E-state index >= 15 is 8.78 Å². The molecule has 5 aliphatic rings. The molecular weight excluding hydrogens is 1820 g/mol. The largest absolute Gasteiger partial charge is 0.494 e. The Hall–Kier alpha value is -13.0. The molecular formula is C122H122BBrF4N2O10. The van der Waals surface area contributed by atoms with Gasteiger partial charge in [0.1, 0.15) is 23.0 Å². The van der Waals surface area contributed by atoms with Crippen molar-refractivity contribution in [2.75, 3.05) is 49.2 Å². The third kappa shape index (κ3) is 22.2. The third-order valence-corrected chi connectivity index (χ3v) is 28.4. The van der Waals surface area contributed by atoms with E-state index in [1.54, 1.807) is 67.6 Å². The molecule has 0 spiro atoms. The molecule has 0 aliphatic carbocycles. The zero-order valence-corrected chi connectivity index (χ0v) is 82.8. The average Bonchev–Trinajstić information content (AvgIpc) is 1.32. The van der Waals surface area contributed by atoms with Gasteiger partial charge in [-0.2, -0.15) is 17.6 Å². The van der Waals surface area contributed by atoms with Crippen molar-refractivity contribution >= 4 is 85.5 Å². The van der Waals surface area contributed by atoms with E-state index in [0.717, 1.165) is 132 Å². The summed E-state index contributed by atoms with van der Waals surface area (Å²) >= 11 is 3.58. The number of fused-ring (bicyclic) bond motifs is 6. The van der Waals surface area contributed by atoms with Crippen LogP contribution in [-0.2, 0) is 55.0 Å². The summed E-state index contributed by atoms with van der Waals surface area (Å²) in [5, 5.41) is 3.47. The summed E-state index contributed by atoms with van der Waals surface area (Å²) in [5.41, 5.74) is 14.3. The Morgan fingerprint density at radius 2 is 0.743 bits per heavy atom. The highest BCUT2D eigenvalue weighted by Gasteiger charge is 2.52. The topological polar surface area (TPSA) is 114 Å². The maximum Gasteiger partial charge on any atom is 0.494 e. The van der Waals surface area contributed by atoms with Crippen molar-refractivity contribution in [1.29, 1.82) is 0 Å². The molecule has 3 saturated heterocycles. The lowest BCUT2D eigenvalue weighted by Gasteiger charge is -2.37. The van der Waals surface area contributed by atoms with Crippen LogP contribution in [0.15, 0.2) is 320 Å². The van der Waals surface area contributed by atoms with E-state index in [-0.39, 0.29) is 35.2 Å². The second kappa shape index (κ2) is 43.8. The van der Waals surface area contributed by atoms with Crippen LogP contribution in [0.4, 0.5) is 28.9 Å². The summed E-state index contributed by atoms with van der Waals surface area (Å²) in [6, 6.07) is 96.0. The van der Waals surface area contributed by atoms with E-state index in [1.165, 1.54) is 149 Å². The smallest absolute Gasteiger partial charge is 0.472 e. The van der Waals surface area contributed by atoms with Gasteiger partial charge in [-0.15, -0.1) is 0 Å². The van der Waals surface area contributed by atoms with E-state index in [4.69, 9.17) is 37.7 Å². The number of anilines is 2. The SMILES string of the molecule is CCCCCCc1ccc(-c2ccc(C(F)(F)Oc3ccc(-c4ccc5c6c(c(C(=O)OCC)cc5c4)C=CC(c4ccccc4)(c4ccc(N5CCCCC5)cc4)O6)cc3)cc2)cc1.CCCCCCc1ccc(-c2ccc(C(F)(F)Oc3ccc(B4OC(C)(C)C(C)(C)O4)cc3)cc2)cc1.CCOC(=O)c1cc2cc(Br)ccc2c2c1C=CC(c1ccccc1)(c1ccc(N3CCCCC3)cc1)O2. The number of carbonyl (C=O) groups excluding carboxylic acids is 2. The molecule has 12 nitrogen and oxygen atoms in total. The first-order valence-electron chi connectivity index (χ1n) is 49.7. The van der Waals surface area contributed by atoms with Gasteiger partial charge in [0.2, 0.25) is 0 Å². The molecule has 2 atom stereocenters. The van der Waals surface area contributed by atoms with E-state index in [1.807, 2.05) is 138 Å². The fourth-order valence-corrected chi connectivity index (χ4v) is 19.6. The fraction of sp³-hybridized carbons (Fsp3) is 0.295. The maximum absolute atomic E-state index is 15.6. The van der Waals surface area contributed by atoms with E-state index in [0.29, 0.717) is 34.8 Å². The number of unbranched alkanes of at least 4 members (excludes halogenated alkanes) is 6. The lowest BCUT2D eigenvalue weighted by Crippen LogP contribution is -2.41. The van der Waals surface area contributed by atoms with E-state index in [9.17, 15) is 18.4 Å². The Balaban J connectivity index is 0.000000155. The molecule has 18 heteroatoms. The summed E-state index contributed by atoms with van der Waals surface area (Å²) in [6.07, 6.45) is 20.5. The van der Waals surface area contributed by atoms with Crippen LogP contribution < -0.4 is 34.2 Å². The summed E-state index contributed by atoms with van der Waals surface area (Å²) < 4.78 is 110. The zero-order valence-electron chi connectivity index (χ0n) is 81.2. The van der Waals surface area contributed by atoms with Crippen LogP contribution >= 0.6 is 15.9 Å². The molecule has 0 radical (unpaired) electrons. The van der Waals surface area contributed by atoms with Crippen molar-refractivity contribution in [2.24, 2.45) is 0 Å². The second-order valence-corrected chi connectivity index (χ2v) is 38.8. The predicted molar refractivity (Wildman–Crippen MR) is 562 cm³/mol. The molecule has 0 amide bonds. The van der Waals surface area contributed by atoms with Crippen LogP contribution in [-0.4, -0.2) is 69.7 Å². The monoisotopic (exact) mass is 1940 g/mol. The van der Waals surface area contributed by atoms with Crippen LogP contribution in [0.5, 0.6) is 23.0 Å². The van der Waals surface area contributed by atoms with Crippen molar-refractivity contribution < 1.29 is 64.9 Å². The lowest BCUT2D eigenvalue weighted by molar-refractivity contribution is -0.186. The number of aryl methyl sites for hydroxylation is 2. The molecule has 3 fully saturated rings. The fourth-order valence-electron chi connectivity index (χ4n) is 19.3. The molecule has 718 valence electrons. The molecule has 14 aromatic carbocycles. The minimum absolute atomic E-state index is 0.0400. The maximum atomic E-state index is 15.6. The Morgan fingerprint density at radius 3 is 1.14 bits per heavy atom. The first-order chi connectivity index (χ1) is 67.8. The van der Waals surface area contributed by atoms with Gasteiger partial charge in [-0.25, -0.2) is 9.59 Å². The number of hydrogen-bond donors (Lipinski definition) is 0. The Kier molecular flexibility index (Phi) is 30.9. The third-order valence-electron chi connectivity index (χ3n) is 27.9. The summed E-state index contributed by atoms with van der Waals surface area (Å²) in [7, 11) is -0.553. The summed E-state index contributed by atoms with van der Waals surface area (Å²) in [6.45, 7) is 20.8. The molecule has 5 aliphatic heterocycles. The highest BCUT2D eigenvalue weighted by Crippen LogP contribution is 2.51. The molecule has 19 rings (SSSR count). The highest BCUT2D eigenvalue weighted by atomic mass is 79.9. The minimum atomic E-state index is -3.55. The molecule has 0 N–H and O–H groups in total. The normalized spacial score (nSPS) is 16.9. The second-order valence-electron chi connectivity index (χ2n) is 37.9. The number of esters is 2. The Labute approximate surface area is 830 Å². The number of carbonyl (C=O) groups is 2. The van der Waals surface area contributed by atoms with Gasteiger partial charge in [-0.05, 0) is 300 Å². The number of alkyl halides is 4. The minimum Gasteiger partial charge on any atom is -0.472 e. The number of hydrogen-bond acceptors (Lipinski definition) is 12. The number of halogens is 5. The molecule has 2 unspecified atom stereocenters. The molecule has 0 bridgehead atoms. The highest BCUT2D eigenvalue weighted by molar-refractivity contribution is 9.10. The van der Waals surface area contributed by atoms with Crippen LogP contribution in [0.3, 0.4) is 0 Å². The van der Waals surface area contributed by atoms with Crippen LogP contribution in [0.25, 0.3) is 67.1 Å². The number of nitrogens with zero attached hydrogens (tertiary/aromatic N) is 2. The van der Waals surface area contributed by atoms with Gasteiger partial charge in [-0.1, -0.05) is 262 Å². The number of benzene rings is 14. The molecule has 0 saturated carbocycles. The van der Waals surface area contributed by atoms with Gasteiger partial charge in [0.15, 0.2) is 11.2 Å². The first kappa shape index (κ1) is 98.6. The van der Waals surface area contributed by atoms with E-state index < -0.39 is 47.7 Å². The van der Waals surface area contributed by atoms with Crippen molar-refractivity contribution in [1.82, 2.24) is 0 Å². The van der Waals surface area contributed by atoms with Crippen molar-refractivity contribution in [3.8, 4) is 56.4 Å². The zero-order chi connectivity index (χ0) is 97.6. The van der Waals surface area contributed by atoms with Gasteiger partial charge >= 0.3 is 31.3 Å². The Bertz CT molecular complexity index is 6640. The van der Waals surface area contributed by atoms with Crippen molar-refractivity contribution in [3.05, 3.63) is 387 Å². The van der Waals surface area contributed by atoms with Crippen molar-refractivity contribution in [2.45, 2.75) is 193 Å². The molecule has 5 heterocycles. The lowest BCUT2D eigenvalue weighted by atomic mass is 9.79. The van der Waals surface area contributed by atoms with Crippen LogP contribution in [0.1, 0.15) is 222 Å². The molecule has 0 aromatic heterocycles. The predicted octanol–water partition coefficient (Wildman–Crippen LogP) is 31.0. The number of rotatable bonds is 30. The van der Waals surface area contributed by atoms with Gasteiger partial charge < -0.3 is 47.5 Å². The first-order valence-corrected chi connectivity index (χ1v) is 50.5. The van der Waals surface area contributed by atoms with Gasteiger partial charge in [0.25, 0.3) is 0 Å². The van der Waals surface area contributed by atoms with Crippen molar-refractivity contribution in [3.63, 3.8) is 0 Å². The number of piperidine rings is 2. The standard InChI is InChI=1S/C58H55F2NO4.C33H30BrNO3.C31H37BF2O3/c1-3-5-6-9-14-41-17-19-42(20-18-41)43-21-26-49(27-22-43)58(59,60)64-51-32-23-44(24-33-51)45-25-34-52-46(39-45)40-54(56(62)63-4-2)53-35-36-57(65-55(52)53,47-15-10-7-11-16-47)48-28-30-50(31-29-48)61-37-12-8-13-38-61;1-2-37-32(36)30-22-23-21-26(34)13-16-28(23)31-29(30)17-18-33(38-31,24-9-5-3-6-10-24)25-11-14-27(15-12-25)35-19-7-4-8-20-35;1-6-7-8-9-10-23-11-13-24(14-12-23)25-15-17-26(18-16-25)31(33,34)35-28-21-19-27(20-22-28)32-36-29(2,3)30(4,5)37-32/h7,10-11,15-36,39-40H,3-6,8-9,12-14,37-38H2,1-2H3;3,5-6,9-18,21-22H,2,4,7-8,19-20H2,1H3;11-22H,6-10H2,1-5H3. The summed E-state index contributed by atoms with van der Waals surface area (Å²) in [4.78, 5) is 31.5. The molecule has 140 heavy (non-hydrogen) atoms. The quantitative estimate of drug-likeness (QED) is 0.0185. The van der Waals surface area contributed by atoms with Gasteiger partial charge in [0.05, 0.1) is 46.7 Å². The van der Waals surface area contributed by atoms with Gasteiger partial charge in [0, 0.05) is 86.2 Å². The van der Waals surface area contributed by atoms with E-state index in [2.05, 4.69) is 167 Å². The Morgan fingerprint density at radius 1 is 0.386 bits per heavy atom.